The van der Waals surface area contributed by atoms with Crippen molar-refractivity contribution in [3.63, 3.8) is 0 Å². The highest BCUT2D eigenvalue weighted by molar-refractivity contribution is 5.67. The first-order valence-corrected chi connectivity index (χ1v) is 22.5. The normalized spacial score (nSPS) is 27.4. The first kappa shape index (κ1) is 47.6. The number of ether oxygens (including phenoxy) is 9. The van der Waals surface area contributed by atoms with Crippen molar-refractivity contribution in [3.05, 3.63) is 154 Å². The van der Waals surface area contributed by atoms with Crippen molar-refractivity contribution in [3.8, 4) is 0 Å². The summed E-state index contributed by atoms with van der Waals surface area (Å²) in [5.41, 5.74) is 13.6. The first-order valence-electron chi connectivity index (χ1n) is 22.5. The second-order valence-electron chi connectivity index (χ2n) is 16.7. The Labute approximate surface area is 380 Å². The lowest BCUT2D eigenvalue weighted by Gasteiger charge is -2.51. The van der Waals surface area contributed by atoms with Crippen molar-refractivity contribution in [2.45, 2.75) is 115 Å². The van der Waals surface area contributed by atoms with Crippen LogP contribution >= 0.6 is 0 Å². The van der Waals surface area contributed by atoms with Crippen LogP contribution < -0.4 is 0 Å². The van der Waals surface area contributed by atoms with E-state index in [-0.39, 0.29) is 38.4 Å². The van der Waals surface area contributed by atoms with Crippen molar-refractivity contribution in [1.29, 1.82) is 0 Å². The molecule has 0 aromatic heterocycles. The molecule has 346 valence electrons. The molecule has 65 heavy (non-hydrogen) atoms. The second-order valence-corrected chi connectivity index (χ2v) is 16.7. The van der Waals surface area contributed by atoms with Crippen molar-refractivity contribution < 1.29 is 52.2 Å². The van der Waals surface area contributed by atoms with E-state index in [1.807, 2.05) is 135 Å². The monoisotopic (exact) mass is 892 g/mol. The average molecular weight is 893 g/mol. The number of carbonyl (C=O) groups is 2. The van der Waals surface area contributed by atoms with E-state index in [0.29, 0.717) is 32.5 Å². The molecule has 7 rings (SSSR count). The zero-order valence-corrected chi connectivity index (χ0v) is 37.2. The minimum absolute atomic E-state index is 0.128. The predicted molar refractivity (Wildman–Crippen MR) is 238 cm³/mol. The molecule has 1 amide bonds. The molecular formula is C50H60N4O11. The van der Waals surface area contributed by atoms with Crippen LogP contribution in [0.25, 0.3) is 10.4 Å². The van der Waals surface area contributed by atoms with Gasteiger partial charge in [-0.25, -0.2) is 4.79 Å². The summed E-state index contributed by atoms with van der Waals surface area (Å²) in [5, 5.41) is 4.13. The van der Waals surface area contributed by atoms with Gasteiger partial charge in [-0.05, 0) is 47.4 Å². The Balaban J connectivity index is 0.982. The van der Waals surface area contributed by atoms with Gasteiger partial charge in [-0.3, -0.25) is 4.79 Å². The molecule has 11 atom stereocenters. The fraction of sp³-hybridized carbons (Fsp3) is 0.480. The lowest BCUT2D eigenvalue weighted by molar-refractivity contribution is -0.374. The molecule has 15 heteroatoms. The van der Waals surface area contributed by atoms with Gasteiger partial charge in [0.1, 0.15) is 31.5 Å². The van der Waals surface area contributed by atoms with Crippen molar-refractivity contribution in [1.82, 2.24) is 4.90 Å². The number of amides is 1. The minimum atomic E-state index is -0.949. The molecule has 0 bridgehead atoms. The van der Waals surface area contributed by atoms with Crippen molar-refractivity contribution >= 4 is 12.1 Å². The number of hydrogen-bond donors (Lipinski definition) is 0. The number of nitrogens with zero attached hydrogens (tertiary/aromatic N) is 4. The Bertz CT molecular complexity index is 2100. The molecule has 15 nitrogen and oxygen atoms in total. The lowest BCUT2D eigenvalue weighted by atomic mass is 9.87. The quantitative estimate of drug-likeness (QED) is 0.0273. The van der Waals surface area contributed by atoms with Gasteiger partial charge >= 0.3 is 12.1 Å². The van der Waals surface area contributed by atoms with Gasteiger partial charge in [0.2, 0.25) is 0 Å². The van der Waals surface area contributed by atoms with E-state index in [2.05, 4.69) is 10.0 Å². The highest BCUT2D eigenvalue weighted by atomic mass is 16.8. The zero-order chi connectivity index (χ0) is 45.4. The molecular weight excluding hydrogens is 833 g/mol. The minimum Gasteiger partial charge on any atom is -0.463 e. The number of esters is 1. The van der Waals surface area contributed by atoms with E-state index in [1.54, 1.807) is 4.90 Å². The molecule has 5 unspecified atom stereocenters. The van der Waals surface area contributed by atoms with Crippen molar-refractivity contribution in [2.75, 3.05) is 26.4 Å². The summed E-state index contributed by atoms with van der Waals surface area (Å²) in [4.78, 5) is 30.3. The summed E-state index contributed by atoms with van der Waals surface area (Å²) in [7, 11) is 0. The molecule has 0 N–H and O–H groups in total. The molecule has 0 radical (unpaired) electrons. The van der Waals surface area contributed by atoms with E-state index in [4.69, 9.17) is 42.6 Å². The largest absolute Gasteiger partial charge is 0.463 e. The van der Waals surface area contributed by atoms with Crippen LogP contribution in [0.4, 0.5) is 4.79 Å². The van der Waals surface area contributed by atoms with Gasteiger partial charge in [0.05, 0.1) is 31.5 Å². The van der Waals surface area contributed by atoms with Crippen LogP contribution in [0, 0.1) is 11.8 Å². The van der Waals surface area contributed by atoms with Gasteiger partial charge in [0.15, 0.2) is 18.9 Å². The number of azide groups is 1. The van der Waals surface area contributed by atoms with Crippen LogP contribution in [-0.2, 0) is 67.2 Å². The van der Waals surface area contributed by atoms with E-state index >= 15 is 0 Å². The van der Waals surface area contributed by atoms with E-state index < -0.39 is 67.3 Å². The number of fused-ring (bicyclic) bond motifs is 1. The molecule has 0 saturated carbocycles. The molecule has 3 aliphatic rings. The van der Waals surface area contributed by atoms with Gasteiger partial charge in [0, 0.05) is 43.0 Å². The van der Waals surface area contributed by atoms with Gasteiger partial charge in [-0.1, -0.05) is 140 Å². The zero-order valence-electron chi connectivity index (χ0n) is 37.2. The van der Waals surface area contributed by atoms with Gasteiger partial charge < -0.3 is 47.5 Å². The number of carbonyl (C=O) groups excluding carboxylic acids is 2. The summed E-state index contributed by atoms with van der Waals surface area (Å²) in [5.74, 6) is -1.29. The maximum absolute atomic E-state index is 13.3. The fourth-order valence-electron chi connectivity index (χ4n) is 8.46. The third-order valence-electron chi connectivity index (χ3n) is 12.0. The molecule has 3 saturated heterocycles. The highest BCUT2D eigenvalue weighted by Gasteiger charge is 2.52. The topological polar surface area (TPSA) is 169 Å². The summed E-state index contributed by atoms with van der Waals surface area (Å²) in [6.07, 6.45) is -3.69. The SMILES string of the molecule is CC(=O)OCC1O[C@H](OCCCCCN(Cc2ccccc2)C(=O)OCc2ccccc2)C(N=[N+]=[N-])[C@@H](C)[C@@H]1O[C@@H]1OC2COC(c3ccccc3)O[C@H]2[C@@H](OCc2ccccc2)C1C. The van der Waals surface area contributed by atoms with E-state index in [0.717, 1.165) is 28.7 Å². The molecule has 3 aliphatic heterocycles. The molecule has 3 fully saturated rings. The maximum Gasteiger partial charge on any atom is 0.410 e. The smallest absolute Gasteiger partial charge is 0.410 e. The Morgan fingerprint density at radius 1 is 0.723 bits per heavy atom. The number of rotatable bonds is 20. The Hall–Kier alpha value is -5.35. The van der Waals surface area contributed by atoms with Crippen LogP contribution in [0.15, 0.2) is 126 Å². The van der Waals surface area contributed by atoms with Gasteiger partial charge in [-0.2, -0.15) is 0 Å². The van der Waals surface area contributed by atoms with E-state index in [9.17, 15) is 15.1 Å². The van der Waals surface area contributed by atoms with Crippen LogP contribution in [-0.4, -0.2) is 92.5 Å². The first-order chi connectivity index (χ1) is 31.8. The third-order valence-corrected chi connectivity index (χ3v) is 12.0. The van der Waals surface area contributed by atoms with Crippen molar-refractivity contribution in [2.24, 2.45) is 17.0 Å². The Morgan fingerprint density at radius 2 is 1.37 bits per heavy atom. The molecule has 0 aliphatic carbocycles. The fourth-order valence-corrected chi connectivity index (χ4v) is 8.46. The van der Waals surface area contributed by atoms with Crippen LogP contribution in [0.2, 0.25) is 0 Å². The maximum atomic E-state index is 13.3. The average Bonchev–Trinajstić information content (AvgIpc) is 3.33. The molecule has 0 spiro atoms. The number of benzene rings is 4. The predicted octanol–water partition coefficient (Wildman–Crippen LogP) is 9.06. The Kier molecular flexibility index (Phi) is 17.8. The lowest BCUT2D eigenvalue weighted by Crippen LogP contribution is -2.62. The summed E-state index contributed by atoms with van der Waals surface area (Å²) in [6, 6.07) is 38.3. The van der Waals surface area contributed by atoms with E-state index in [1.165, 1.54) is 6.92 Å². The van der Waals surface area contributed by atoms with Crippen LogP contribution in [0.1, 0.15) is 68.6 Å². The number of unbranched alkanes of at least 4 members (excludes halogenated alkanes) is 2. The summed E-state index contributed by atoms with van der Waals surface area (Å²) >= 11 is 0. The highest BCUT2D eigenvalue weighted by Crippen LogP contribution is 2.41. The molecule has 3 heterocycles. The standard InChI is InChI=1S/C50H60N4O11/c1-34-43(52-53-51)49(57-28-18-8-17-27-54(29-37-19-9-4-10-20-37)50(56)61-31-39-23-13-6-14-24-39)63-41(32-58-36(3)55)44(34)64-47-35(2)45(59-30-38-21-11-5-12-22-38)46-42(62-47)33-60-48(65-46)40-25-15-7-16-26-40/h4-7,9-16,19-26,34-35,41-49H,8,17-18,27-33H2,1-3H3/t34-,35?,41?,42?,43?,44+,45+,46-,47+,48?,49+/m1/s1. The van der Waals surface area contributed by atoms with Crippen LogP contribution in [0.3, 0.4) is 0 Å². The Morgan fingerprint density at radius 3 is 2.03 bits per heavy atom. The summed E-state index contributed by atoms with van der Waals surface area (Å²) in [6.45, 7) is 7.05. The second kappa shape index (κ2) is 24.3. The number of hydrogen-bond acceptors (Lipinski definition) is 12. The molecule has 4 aromatic carbocycles. The summed E-state index contributed by atoms with van der Waals surface area (Å²) < 4.78 is 56.9. The van der Waals surface area contributed by atoms with Gasteiger partial charge in [0.25, 0.3) is 0 Å². The third kappa shape index (κ3) is 13.4. The van der Waals surface area contributed by atoms with Gasteiger partial charge in [-0.15, -0.1) is 0 Å². The van der Waals surface area contributed by atoms with Crippen LogP contribution in [0.5, 0.6) is 0 Å². The molecule has 4 aromatic rings.